The molecule has 3 aromatic carbocycles. The standard InChI is InChI=1S/C16H17NO5.C12H12O/c1-21-15-6-11(8-17)14(7-13(15)16(19)20)22-12-4-2-10(9-18)3-5-12;1-13-9-11-7-4-6-10-5-2-3-8-12(10)11/h6-7,9-10,12H,2-5H2,1H3,(H,19,20);2-8H,9H2,1H3. The zero-order valence-electron chi connectivity index (χ0n) is 19.9. The van der Waals surface area contributed by atoms with Gasteiger partial charge in [0.15, 0.2) is 0 Å². The Bertz CT molecular complexity index is 1200. The molecule has 0 amide bonds. The second-order valence-electron chi connectivity index (χ2n) is 8.33. The van der Waals surface area contributed by atoms with Gasteiger partial charge in [0, 0.05) is 19.1 Å². The van der Waals surface area contributed by atoms with Crippen molar-refractivity contribution in [1.29, 1.82) is 5.26 Å². The molecule has 0 aliphatic heterocycles. The summed E-state index contributed by atoms with van der Waals surface area (Å²) in [7, 11) is 3.08. The van der Waals surface area contributed by atoms with Gasteiger partial charge in [-0.3, -0.25) is 0 Å². The molecule has 0 bridgehead atoms. The molecule has 4 rings (SSSR count). The lowest BCUT2D eigenvalue weighted by molar-refractivity contribution is -0.112. The number of methoxy groups -OCH3 is 2. The summed E-state index contributed by atoms with van der Waals surface area (Å²) >= 11 is 0. The summed E-state index contributed by atoms with van der Waals surface area (Å²) in [5.41, 5.74) is 1.44. The number of carboxylic acids is 1. The van der Waals surface area contributed by atoms with Crippen LogP contribution in [0.2, 0.25) is 0 Å². The summed E-state index contributed by atoms with van der Waals surface area (Å²) in [5.74, 6) is -0.701. The van der Waals surface area contributed by atoms with Crippen LogP contribution in [0.3, 0.4) is 0 Å². The van der Waals surface area contributed by atoms with E-state index in [1.54, 1.807) is 7.11 Å². The molecule has 1 N–H and O–H groups in total. The normalized spacial score (nSPS) is 16.9. The lowest BCUT2D eigenvalue weighted by Crippen LogP contribution is -2.25. The average molecular weight is 476 g/mol. The van der Waals surface area contributed by atoms with Crippen LogP contribution in [0.15, 0.2) is 54.6 Å². The van der Waals surface area contributed by atoms with Gasteiger partial charge in [-0.25, -0.2) is 4.79 Å². The third kappa shape index (κ3) is 6.58. The van der Waals surface area contributed by atoms with Crippen molar-refractivity contribution in [2.45, 2.75) is 38.4 Å². The second-order valence-corrected chi connectivity index (χ2v) is 8.33. The summed E-state index contributed by atoms with van der Waals surface area (Å²) in [6.45, 7) is 0.682. The topological polar surface area (TPSA) is 106 Å². The highest BCUT2D eigenvalue weighted by Crippen LogP contribution is 2.32. The number of hydrogen-bond acceptors (Lipinski definition) is 6. The molecule has 1 aliphatic rings. The Morgan fingerprint density at radius 2 is 1.77 bits per heavy atom. The van der Waals surface area contributed by atoms with E-state index in [1.807, 2.05) is 6.07 Å². The minimum atomic E-state index is -1.14. The molecule has 0 heterocycles. The number of aldehydes is 1. The van der Waals surface area contributed by atoms with E-state index in [0.717, 1.165) is 19.1 Å². The van der Waals surface area contributed by atoms with Crippen molar-refractivity contribution in [3.63, 3.8) is 0 Å². The van der Waals surface area contributed by atoms with Crippen molar-refractivity contribution >= 4 is 23.0 Å². The minimum absolute atomic E-state index is 0.0434. The number of carbonyl (C=O) groups excluding carboxylic acids is 1. The van der Waals surface area contributed by atoms with Gasteiger partial charge in [-0.05, 0) is 48.1 Å². The molecule has 35 heavy (non-hydrogen) atoms. The molecule has 1 fully saturated rings. The predicted molar refractivity (Wildman–Crippen MR) is 132 cm³/mol. The molecule has 0 saturated heterocycles. The van der Waals surface area contributed by atoms with Crippen molar-refractivity contribution in [3.05, 3.63) is 71.3 Å². The van der Waals surface area contributed by atoms with E-state index in [1.165, 1.54) is 35.6 Å². The molecule has 0 radical (unpaired) electrons. The van der Waals surface area contributed by atoms with Crippen molar-refractivity contribution < 1.29 is 28.9 Å². The van der Waals surface area contributed by atoms with Crippen molar-refractivity contribution in [2.24, 2.45) is 5.92 Å². The summed E-state index contributed by atoms with van der Waals surface area (Å²) in [5, 5.41) is 21.0. The smallest absolute Gasteiger partial charge is 0.339 e. The van der Waals surface area contributed by atoms with Crippen LogP contribution in [0.25, 0.3) is 10.8 Å². The lowest BCUT2D eigenvalue weighted by Gasteiger charge is -2.26. The summed E-state index contributed by atoms with van der Waals surface area (Å²) < 4.78 is 15.9. The van der Waals surface area contributed by atoms with Gasteiger partial charge in [0.2, 0.25) is 0 Å². The van der Waals surface area contributed by atoms with E-state index in [9.17, 15) is 20.0 Å². The van der Waals surface area contributed by atoms with Crippen molar-refractivity contribution in [1.82, 2.24) is 0 Å². The zero-order valence-corrected chi connectivity index (χ0v) is 19.9. The molecule has 1 saturated carbocycles. The molecule has 0 aromatic heterocycles. The molecule has 182 valence electrons. The first-order chi connectivity index (χ1) is 17.0. The van der Waals surface area contributed by atoms with Crippen LogP contribution in [-0.4, -0.2) is 37.7 Å². The van der Waals surface area contributed by atoms with Gasteiger partial charge < -0.3 is 24.1 Å². The molecular weight excluding hydrogens is 446 g/mol. The number of benzene rings is 3. The molecular formula is C28H29NO6. The Labute approximate surface area is 204 Å². The van der Waals surface area contributed by atoms with Gasteiger partial charge in [-0.1, -0.05) is 42.5 Å². The van der Waals surface area contributed by atoms with Crippen molar-refractivity contribution in [3.8, 4) is 17.6 Å². The highest BCUT2D eigenvalue weighted by atomic mass is 16.5. The largest absolute Gasteiger partial charge is 0.496 e. The van der Waals surface area contributed by atoms with Gasteiger partial charge in [-0.15, -0.1) is 0 Å². The van der Waals surface area contributed by atoms with E-state index < -0.39 is 5.97 Å². The van der Waals surface area contributed by atoms with Crippen LogP contribution in [-0.2, 0) is 16.1 Å². The van der Waals surface area contributed by atoms with Gasteiger partial charge >= 0.3 is 5.97 Å². The Morgan fingerprint density at radius 3 is 2.40 bits per heavy atom. The quantitative estimate of drug-likeness (QED) is 0.457. The molecule has 0 atom stereocenters. The molecule has 7 heteroatoms. The third-order valence-electron chi connectivity index (χ3n) is 6.04. The van der Waals surface area contributed by atoms with Gasteiger partial charge in [0.25, 0.3) is 0 Å². The number of nitriles is 1. The summed E-state index contributed by atoms with van der Waals surface area (Å²) in [6, 6.07) is 19.3. The van der Waals surface area contributed by atoms with Crippen LogP contribution in [0, 0.1) is 17.2 Å². The van der Waals surface area contributed by atoms with Gasteiger partial charge in [0.1, 0.15) is 29.4 Å². The number of fused-ring (bicyclic) bond motifs is 1. The predicted octanol–water partition coefficient (Wildman–Crippen LogP) is 5.39. The maximum Gasteiger partial charge on any atom is 0.339 e. The lowest BCUT2D eigenvalue weighted by atomic mass is 9.88. The fourth-order valence-electron chi connectivity index (χ4n) is 4.18. The number of aromatic carboxylic acids is 1. The number of rotatable bonds is 7. The minimum Gasteiger partial charge on any atom is -0.496 e. The second kappa shape index (κ2) is 12.5. The molecule has 0 unspecified atom stereocenters. The average Bonchev–Trinajstić information content (AvgIpc) is 2.89. The highest BCUT2D eigenvalue weighted by Gasteiger charge is 2.24. The molecule has 1 aliphatic carbocycles. The van der Waals surface area contributed by atoms with Gasteiger partial charge in [0.05, 0.1) is 25.4 Å². The first-order valence-corrected chi connectivity index (χ1v) is 11.4. The maximum atomic E-state index is 11.2. The van der Waals surface area contributed by atoms with E-state index in [-0.39, 0.29) is 34.6 Å². The van der Waals surface area contributed by atoms with Gasteiger partial charge in [-0.2, -0.15) is 5.26 Å². The highest BCUT2D eigenvalue weighted by molar-refractivity contribution is 5.92. The zero-order chi connectivity index (χ0) is 25.2. The third-order valence-corrected chi connectivity index (χ3v) is 6.04. The fraction of sp³-hybridized carbons (Fsp3) is 0.321. The van der Waals surface area contributed by atoms with Crippen LogP contribution in [0.4, 0.5) is 0 Å². The van der Waals surface area contributed by atoms with E-state index in [0.29, 0.717) is 19.4 Å². The van der Waals surface area contributed by atoms with Crippen molar-refractivity contribution in [2.75, 3.05) is 14.2 Å². The molecule has 3 aromatic rings. The Balaban J connectivity index is 0.000000223. The maximum absolute atomic E-state index is 11.2. The fourth-order valence-corrected chi connectivity index (χ4v) is 4.18. The van der Waals surface area contributed by atoms with Crippen LogP contribution < -0.4 is 9.47 Å². The number of nitrogens with zero attached hydrogens (tertiary/aromatic N) is 1. The number of hydrogen-bond donors (Lipinski definition) is 1. The Kier molecular flexibility index (Phi) is 9.22. The molecule has 0 spiro atoms. The van der Waals surface area contributed by atoms with Crippen LogP contribution >= 0.6 is 0 Å². The van der Waals surface area contributed by atoms with Crippen LogP contribution in [0.5, 0.6) is 11.5 Å². The first kappa shape index (κ1) is 25.7. The monoisotopic (exact) mass is 475 g/mol. The summed E-state index contributed by atoms with van der Waals surface area (Å²) in [6.07, 6.45) is 3.77. The number of carbonyl (C=O) groups is 2. The first-order valence-electron chi connectivity index (χ1n) is 11.4. The Morgan fingerprint density at radius 1 is 1.06 bits per heavy atom. The van der Waals surface area contributed by atoms with E-state index in [2.05, 4.69) is 42.5 Å². The Hall–Kier alpha value is -3.89. The van der Waals surface area contributed by atoms with E-state index >= 15 is 0 Å². The van der Waals surface area contributed by atoms with E-state index in [4.69, 9.17) is 14.2 Å². The SMILES string of the molecule is COCc1cccc2ccccc12.COc1cc(C#N)c(OC2CCC(C=O)CC2)cc1C(=O)O. The summed E-state index contributed by atoms with van der Waals surface area (Å²) in [4.78, 5) is 22.0. The number of ether oxygens (including phenoxy) is 3. The molecule has 7 nitrogen and oxygen atoms in total. The number of carboxylic acid groups (broad SMARTS) is 1. The van der Waals surface area contributed by atoms with Crippen LogP contribution in [0.1, 0.15) is 47.2 Å².